The van der Waals surface area contributed by atoms with Gasteiger partial charge in [-0.2, -0.15) is 0 Å². The summed E-state index contributed by atoms with van der Waals surface area (Å²) in [4.78, 5) is 14.6. The average molecular weight is 288 g/mol. The predicted molar refractivity (Wildman–Crippen MR) is 89.3 cm³/mol. The molecule has 1 saturated carbocycles. The van der Waals surface area contributed by atoms with Gasteiger partial charge in [0.15, 0.2) is 0 Å². The molecule has 0 aliphatic heterocycles. The number of nitrogen functional groups attached to an aromatic ring is 1. The second-order valence-electron chi connectivity index (χ2n) is 6.17. The number of carbonyl (C=O) groups excluding carboxylic acids is 1. The van der Waals surface area contributed by atoms with Crippen molar-refractivity contribution in [3.8, 4) is 0 Å². The van der Waals surface area contributed by atoms with Crippen molar-refractivity contribution >= 4 is 17.3 Å². The molecule has 0 bridgehead atoms. The lowest BCUT2D eigenvalue weighted by atomic mass is 9.96. The molecule has 116 valence electrons. The van der Waals surface area contributed by atoms with Gasteiger partial charge in [0, 0.05) is 13.0 Å². The Morgan fingerprint density at radius 3 is 2.48 bits per heavy atom. The summed E-state index contributed by atoms with van der Waals surface area (Å²) in [6.45, 7) is 2.85. The SMILES string of the molecule is CCCN(C(=O)CC1CCCCCC1)c1ccccc1N. The van der Waals surface area contributed by atoms with Gasteiger partial charge in [0.05, 0.1) is 11.4 Å². The summed E-state index contributed by atoms with van der Waals surface area (Å²) in [5.41, 5.74) is 7.62. The van der Waals surface area contributed by atoms with E-state index in [0.29, 0.717) is 18.0 Å². The van der Waals surface area contributed by atoms with Gasteiger partial charge in [0.1, 0.15) is 0 Å². The van der Waals surface area contributed by atoms with Gasteiger partial charge in [-0.25, -0.2) is 0 Å². The van der Waals surface area contributed by atoms with Crippen LogP contribution in [0.4, 0.5) is 11.4 Å². The molecule has 21 heavy (non-hydrogen) atoms. The van der Waals surface area contributed by atoms with E-state index in [1.807, 2.05) is 29.2 Å². The number of hydrogen-bond donors (Lipinski definition) is 1. The Morgan fingerprint density at radius 2 is 1.86 bits per heavy atom. The molecular weight excluding hydrogens is 260 g/mol. The van der Waals surface area contributed by atoms with Crippen LogP contribution in [0.1, 0.15) is 58.3 Å². The summed E-state index contributed by atoms with van der Waals surface area (Å²) in [6, 6.07) is 7.69. The van der Waals surface area contributed by atoms with Crippen molar-refractivity contribution in [3.63, 3.8) is 0 Å². The zero-order valence-corrected chi connectivity index (χ0v) is 13.2. The monoisotopic (exact) mass is 288 g/mol. The fourth-order valence-electron chi connectivity index (χ4n) is 3.26. The average Bonchev–Trinajstić information content (AvgIpc) is 2.74. The molecule has 2 N–H and O–H groups in total. The van der Waals surface area contributed by atoms with Gasteiger partial charge in [0.2, 0.25) is 5.91 Å². The van der Waals surface area contributed by atoms with Crippen LogP contribution in [-0.4, -0.2) is 12.5 Å². The Labute approximate surface area is 128 Å². The van der Waals surface area contributed by atoms with Crippen molar-refractivity contribution in [2.24, 2.45) is 5.92 Å². The van der Waals surface area contributed by atoms with Crippen LogP contribution >= 0.6 is 0 Å². The molecule has 0 radical (unpaired) electrons. The van der Waals surface area contributed by atoms with E-state index >= 15 is 0 Å². The van der Waals surface area contributed by atoms with Crippen LogP contribution in [0.15, 0.2) is 24.3 Å². The summed E-state index contributed by atoms with van der Waals surface area (Å²) < 4.78 is 0. The lowest BCUT2D eigenvalue weighted by molar-refractivity contribution is -0.119. The molecule has 1 aliphatic rings. The molecule has 0 atom stereocenters. The van der Waals surface area contributed by atoms with Crippen LogP contribution < -0.4 is 10.6 Å². The van der Waals surface area contributed by atoms with E-state index in [4.69, 9.17) is 5.73 Å². The van der Waals surface area contributed by atoms with Gasteiger partial charge in [0.25, 0.3) is 0 Å². The summed E-state index contributed by atoms with van der Waals surface area (Å²) >= 11 is 0. The molecule has 1 aromatic rings. The number of para-hydroxylation sites is 2. The second kappa shape index (κ2) is 8.06. The lowest BCUT2D eigenvalue weighted by Gasteiger charge is -2.26. The van der Waals surface area contributed by atoms with E-state index in [1.165, 1.54) is 38.5 Å². The van der Waals surface area contributed by atoms with Crippen molar-refractivity contribution in [3.05, 3.63) is 24.3 Å². The number of amides is 1. The largest absolute Gasteiger partial charge is 0.397 e. The van der Waals surface area contributed by atoms with E-state index in [2.05, 4.69) is 6.92 Å². The van der Waals surface area contributed by atoms with Gasteiger partial charge in [-0.15, -0.1) is 0 Å². The van der Waals surface area contributed by atoms with Crippen molar-refractivity contribution in [2.75, 3.05) is 17.2 Å². The van der Waals surface area contributed by atoms with Crippen LogP contribution in [0.25, 0.3) is 0 Å². The molecule has 0 aromatic heterocycles. The highest BCUT2D eigenvalue weighted by Crippen LogP contribution is 2.29. The Balaban J connectivity index is 2.06. The predicted octanol–water partition coefficient (Wildman–Crippen LogP) is 4.37. The maximum absolute atomic E-state index is 12.7. The molecule has 0 saturated heterocycles. The van der Waals surface area contributed by atoms with Crippen LogP contribution in [0.3, 0.4) is 0 Å². The Kier molecular flexibility index (Phi) is 6.09. The highest BCUT2D eigenvalue weighted by Gasteiger charge is 2.22. The third-order valence-corrected chi connectivity index (χ3v) is 4.41. The van der Waals surface area contributed by atoms with Crippen molar-refractivity contribution in [1.29, 1.82) is 0 Å². The summed E-state index contributed by atoms with van der Waals surface area (Å²) in [5, 5.41) is 0. The highest BCUT2D eigenvalue weighted by atomic mass is 16.2. The van der Waals surface area contributed by atoms with E-state index < -0.39 is 0 Å². The number of carbonyl (C=O) groups is 1. The molecular formula is C18H28N2O. The van der Waals surface area contributed by atoms with Gasteiger partial charge < -0.3 is 10.6 Å². The molecule has 1 amide bonds. The molecule has 3 nitrogen and oxygen atoms in total. The molecule has 0 spiro atoms. The van der Waals surface area contributed by atoms with Gasteiger partial charge in [-0.05, 0) is 37.3 Å². The first kappa shape index (κ1) is 15.9. The van der Waals surface area contributed by atoms with Crippen molar-refractivity contribution < 1.29 is 4.79 Å². The standard InChI is InChI=1S/C18H28N2O/c1-2-13-20(17-12-8-7-11-16(17)19)18(21)14-15-9-5-3-4-6-10-15/h7-8,11-12,15H,2-6,9-10,13-14,19H2,1H3. The fourth-order valence-corrected chi connectivity index (χ4v) is 3.26. The zero-order chi connectivity index (χ0) is 15.1. The van der Waals surface area contributed by atoms with E-state index in [9.17, 15) is 4.79 Å². The first-order valence-corrected chi connectivity index (χ1v) is 8.37. The third-order valence-electron chi connectivity index (χ3n) is 4.41. The molecule has 2 rings (SSSR count). The number of anilines is 2. The Bertz CT molecular complexity index is 450. The van der Waals surface area contributed by atoms with Crippen LogP contribution in [0.5, 0.6) is 0 Å². The van der Waals surface area contributed by atoms with E-state index in [1.54, 1.807) is 0 Å². The van der Waals surface area contributed by atoms with Crippen molar-refractivity contribution in [1.82, 2.24) is 0 Å². The minimum Gasteiger partial charge on any atom is -0.397 e. The van der Waals surface area contributed by atoms with Gasteiger partial charge in [-0.3, -0.25) is 4.79 Å². The third kappa shape index (κ3) is 4.48. The zero-order valence-electron chi connectivity index (χ0n) is 13.2. The first-order valence-electron chi connectivity index (χ1n) is 8.37. The van der Waals surface area contributed by atoms with Crippen LogP contribution in [0, 0.1) is 5.92 Å². The molecule has 0 unspecified atom stereocenters. The second-order valence-corrected chi connectivity index (χ2v) is 6.17. The van der Waals surface area contributed by atoms with Gasteiger partial charge >= 0.3 is 0 Å². The van der Waals surface area contributed by atoms with Crippen LogP contribution in [-0.2, 0) is 4.79 Å². The maximum Gasteiger partial charge on any atom is 0.227 e. The van der Waals surface area contributed by atoms with Crippen molar-refractivity contribution in [2.45, 2.75) is 58.3 Å². The smallest absolute Gasteiger partial charge is 0.227 e. The molecule has 0 heterocycles. The number of rotatable bonds is 5. The molecule has 1 aliphatic carbocycles. The Hall–Kier alpha value is -1.51. The fraction of sp³-hybridized carbons (Fsp3) is 0.611. The van der Waals surface area contributed by atoms with Gasteiger partial charge in [-0.1, -0.05) is 44.7 Å². The lowest BCUT2D eigenvalue weighted by Crippen LogP contribution is -2.33. The molecule has 1 fully saturated rings. The van der Waals surface area contributed by atoms with E-state index in [-0.39, 0.29) is 5.91 Å². The molecule has 1 aromatic carbocycles. The maximum atomic E-state index is 12.7. The minimum absolute atomic E-state index is 0.238. The summed E-state index contributed by atoms with van der Waals surface area (Å²) in [6.07, 6.45) is 9.24. The summed E-state index contributed by atoms with van der Waals surface area (Å²) in [5.74, 6) is 0.797. The summed E-state index contributed by atoms with van der Waals surface area (Å²) in [7, 11) is 0. The molecule has 3 heteroatoms. The van der Waals surface area contributed by atoms with Crippen LogP contribution in [0.2, 0.25) is 0 Å². The number of benzene rings is 1. The number of hydrogen-bond acceptors (Lipinski definition) is 2. The van der Waals surface area contributed by atoms with E-state index in [0.717, 1.165) is 18.7 Å². The quantitative estimate of drug-likeness (QED) is 0.646. The normalized spacial score (nSPS) is 16.4. The Morgan fingerprint density at radius 1 is 1.19 bits per heavy atom. The number of nitrogens with zero attached hydrogens (tertiary/aromatic N) is 1. The first-order chi connectivity index (χ1) is 10.2. The highest BCUT2D eigenvalue weighted by molar-refractivity contribution is 5.96. The number of nitrogens with two attached hydrogens (primary N) is 1. The topological polar surface area (TPSA) is 46.3 Å². The minimum atomic E-state index is 0.238.